The Morgan fingerprint density at radius 2 is 1.55 bits per heavy atom. The Labute approximate surface area is 167 Å². The highest BCUT2D eigenvalue weighted by Crippen LogP contribution is 2.11. The monoisotopic (exact) mass is 403 g/mol. The molecule has 0 aliphatic rings. The average Bonchev–Trinajstić information content (AvgIpc) is 2.64. The van der Waals surface area contributed by atoms with Crippen LogP contribution in [0.1, 0.15) is 31.0 Å². The van der Waals surface area contributed by atoms with Crippen LogP contribution >= 0.6 is 0 Å². The fraction of sp³-hybridized carbons (Fsp3) is 0.286. The number of carbonyl (C=O) groups is 3. The Balaban J connectivity index is 2.01. The summed E-state index contributed by atoms with van der Waals surface area (Å²) in [7, 11) is 0. The molecule has 2 atom stereocenters. The summed E-state index contributed by atoms with van der Waals surface area (Å²) in [5.41, 5.74) is 6.54. The van der Waals surface area contributed by atoms with Crippen molar-refractivity contribution in [3.05, 3.63) is 71.3 Å². The lowest BCUT2D eigenvalue weighted by Gasteiger charge is -2.22. The molecule has 0 aromatic heterocycles. The molecule has 2 aromatic carbocycles. The van der Waals surface area contributed by atoms with Crippen molar-refractivity contribution < 1.29 is 23.2 Å². The number of nitrogens with one attached hydrogen (secondary N) is 2. The highest BCUT2D eigenvalue weighted by molar-refractivity contribution is 6.01. The van der Waals surface area contributed by atoms with Gasteiger partial charge in [-0.25, -0.2) is 8.78 Å². The molecule has 2 rings (SSSR count). The number of nitrogens with two attached hydrogens (primary N) is 1. The van der Waals surface area contributed by atoms with E-state index in [-0.39, 0.29) is 17.9 Å². The third-order valence-corrected chi connectivity index (χ3v) is 4.24. The molecule has 0 aliphatic carbocycles. The van der Waals surface area contributed by atoms with Crippen LogP contribution in [0.25, 0.3) is 0 Å². The van der Waals surface area contributed by atoms with Gasteiger partial charge in [0.2, 0.25) is 17.7 Å². The van der Waals surface area contributed by atoms with Crippen LogP contribution in [-0.4, -0.2) is 23.8 Å². The topological polar surface area (TPSA) is 101 Å². The first-order chi connectivity index (χ1) is 13.7. The van der Waals surface area contributed by atoms with Crippen molar-refractivity contribution in [2.45, 2.75) is 32.4 Å². The van der Waals surface area contributed by atoms with Gasteiger partial charge in [-0.05, 0) is 29.2 Å². The molecule has 0 spiro atoms. The summed E-state index contributed by atoms with van der Waals surface area (Å²) in [6.07, 6.45) is -0.317. The number of imide groups is 1. The second-order valence-corrected chi connectivity index (χ2v) is 6.99. The van der Waals surface area contributed by atoms with E-state index in [9.17, 15) is 23.2 Å². The smallest absolute Gasteiger partial charge is 0.249 e. The zero-order chi connectivity index (χ0) is 21.6. The van der Waals surface area contributed by atoms with Crippen LogP contribution in [0.3, 0.4) is 0 Å². The van der Waals surface area contributed by atoms with Crippen molar-refractivity contribution in [2.75, 3.05) is 0 Å². The summed E-state index contributed by atoms with van der Waals surface area (Å²) in [5, 5.41) is 4.71. The number of halogens is 2. The van der Waals surface area contributed by atoms with Gasteiger partial charge in [-0.1, -0.05) is 44.2 Å². The molecule has 0 bridgehead atoms. The first-order valence-corrected chi connectivity index (χ1v) is 9.07. The Morgan fingerprint density at radius 1 is 0.966 bits per heavy atom. The molecule has 0 saturated carbocycles. The SMILES string of the molecule is CC(C)[C@H](NC(=O)Cc1cc(F)cc(F)c1)C(=O)NC(=O)[C@@H](N)c1ccccc1. The Bertz CT molecular complexity index is 868. The fourth-order valence-electron chi connectivity index (χ4n) is 2.75. The van der Waals surface area contributed by atoms with E-state index in [1.807, 2.05) is 0 Å². The Hall–Kier alpha value is -3.13. The van der Waals surface area contributed by atoms with Gasteiger partial charge in [-0.2, -0.15) is 0 Å². The summed E-state index contributed by atoms with van der Waals surface area (Å²) < 4.78 is 26.5. The summed E-state index contributed by atoms with van der Waals surface area (Å²) in [6, 6.07) is 9.25. The number of carbonyl (C=O) groups excluding carboxylic acids is 3. The number of rotatable bonds is 7. The number of amides is 3. The minimum absolute atomic E-state index is 0.130. The first-order valence-electron chi connectivity index (χ1n) is 9.07. The molecule has 3 amide bonds. The van der Waals surface area contributed by atoms with Crippen molar-refractivity contribution in [1.29, 1.82) is 0 Å². The van der Waals surface area contributed by atoms with E-state index in [1.54, 1.807) is 44.2 Å². The molecular formula is C21H23F2N3O3. The number of hydrogen-bond donors (Lipinski definition) is 3. The van der Waals surface area contributed by atoms with E-state index >= 15 is 0 Å². The van der Waals surface area contributed by atoms with E-state index in [4.69, 9.17) is 5.73 Å². The second-order valence-electron chi connectivity index (χ2n) is 6.99. The van der Waals surface area contributed by atoms with Gasteiger partial charge in [0, 0.05) is 6.07 Å². The maximum absolute atomic E-state index is 13.3. The van der Waals surface area contributed by atoms with Crippen LogP contribution in [0.5, 0.6) is 0 Å². The molecule has 0 saturated heterocycles. The molecule has 0 radical (unpaired) electrons. The lowest BCUT2D eigenvalue weighted by molar-refractivity contribution is -0.135. The predicted molar refractivity (Wildman–Crippen MR) is 103 cm³/mol. The van der Waals surface area contributed by atoms with Gasteiger partial charge in [0.25, 0.3) is 0 Å². The summed E-state index contributed by atoms with van der Waals surface area (Å²) >= 11 is 0. The van der Waals surface area contributed by atoms with Gasteiger partial charge < -0.3 is 11.1 Å². The molecule has 2 aromatic rings. The van der Waals surface area contributed by atoms with Crippen LogP contribution in [0.15, 0.2) is 48.5 Å². The van der Waals surface area contributed by atoms with Gasteiger partial charge in [0.15, 0.2) is 0 Å². The van der Waals surface area contributed by atoms with Crippen molar-refractivity contribution in [2.24, 2.45) is 11.7 Å². The summed E-state index contributed by atoms with van der Waals surface area (Å²) in [6.45, 7) is 3.38. The molecule has 29 heavy (non-hydrogen) atoms. The molecule has 4 N–H and O–H groups in total. The van der Waals surface area contributed by atoms with Crippen LogP contribution in [0.4, 0.5) is 8.78 Å². The van der Waals surface area contributed by atoms with Gasteiger partial charge in [-0.15, -0.1) is 0 Å². The second kappa shape index (κ2) is 9.88. The van der Waals surface area contributed by atoms with Crippen molar-refractivity contribution >= 4 is 17.7 Å². The minimum atomic E-state index is -1.04. The van der Waals surface area contributed by atoms with Gasteiger partial charge >= 0.3 is 0 Å². The first kappa shape index (κ1) is 22.2. The number of hydrogen-bond acceptors (Lipinski definition) is 4. The predicted octanol–water partition coefficient (Wildman–Crippen LogP) is 1.99. The van der Waals surface area contributed by atoms with Crippen molar-refractivity contribution in [3.8, 4) is 0 Å². The van der Waals surface area contributed by atoms with Crippen LogP contribution in [0.2, 0.25) is 0 Å². The number of benzene rings is 2. The van der Waals surface area contributed by atoms with Crippen LogP contribution in [-0.2, 0) is 20.8 Å². The van der Waals surface area contributed by atoms with Crippen LogP contribution in [0, 0.1) is 17.6 Å². The molecule has 154 valence electrons. The quantitative estimate of drug-likeness (QED) is 0.658. The van der Waals surface area contributed by atoms with Gasteiger partial charge in [0.1, 0.15) is 23.7 Å². The molecule has 0 heterocycles. The maximum Gasteiger partial charge on any atom is 0.249 e. The zero-order valence-corrected chi connectivity index (χ0v) is 16.1. The van der Waals surface area contributed by atoms with Gasteiger partial charge in [-0.3, -0.25) is 19.7 Å². The lowest BCUT2D eigenvalue weighted by Crippen LogP contribution is -2.52. The summed E-state index contributed by atoms with van der Waals surface area (Å²) in [4.78, 5) is 37.0. The molecule has 0 unspecified atom stereocenters. The maximum atomic E-state index is 13.3. The van der Waals surface area contributed by atoms with E-state index in [1.165, 1.54) is 0 Å². The van der Waals surface area contributed by atoms with Crippen LogP contribution < -0.4 is 16.4 Å². The van der Waals surface area contributed by atoms with Crippen molar-refractivity contribution in [1.82, 2.24) is 10.6 Å². The zero-order valence-electron chi connectivity index (χ0n) is 16.1. The molecule has 6 nitrogen and oxygen atoms in total. The third-order valence-electron chi connectivity index (χ3n) is 4.24. The molecular weight excluding hydrogens is 380 g/mol. The van der Waals surface area contributed by atoms with E-state index < -0.39 is 41.4 Å². The Kier molecular flexibility index (Phi) is 7.55. The third kappa shape index (κ3) is 6.46. The highest BCUT2D eigenvalue weighted by Gasteiger charge is 2.27. The molecule has 0 aliphatic heterocycles. The normalized spacial score (nSPS) is 12.9. The van der Waals surface area contributed by atoms with Crippen molar-refractivity contribution in [3.63, 3.8) is 0 Å². The standard InChI is InChI=1S/C21H23F2N3O3/c1-12(2)19(25-17(27)10-13-8-15(22)11-16(23)9-13)21(29)26-20(28)18(24)14-6-4-3-5-7-14/h3-9,11-12,18-19H,10,24H2,1-2H3,(H,25,27)(H,26,28,29)/t18-,19-/m0/s1. The van der Waals surface area contributed by atoms with E-state index in [0.717, 1.165) is 12.1 Å². The summed E-state index contributed by atoms with van der Waals surface area (Å²) in [5.74, 6) is -3.96. The lowest BCUT2D eigenvalue weighted by atomic mass is 10.0. The van der Waals surface area contributed by atoms with E-state index in [2.05, 4.69) is 10.6 Å². The van der Waals surface area contributed by atoms with E-state index in [0.29, 0.717) is 11.6 Å². The average molecular weight is 403 g/mol. The molecule has 8 heteroatoms. The fourth-order valence-corrected chi connectivity index (χ4v) is 2.75. The molecule has 0 fully saturated rings. The largest absolute Gasteiger partial charge is 0.344 e. The highest BCUT2D eigenvalue weighted by atomic mass is 19.1. The van der Waals surface area contributed by atoms with Gasteiger partial charge in [0.05, 0.1) is 6.42 Å². The Morgan fingerprint density at radius 3 is 2.10 bits per heavy atom. The minimum Gasteiger partial charge on any atom is -0.344 e.